The largest absolute Gasteiger partial charge is 0.354 e. The molecule has 0 unspecified atom stereocenters. The second kappa shape index (κ2) is 9.80. The molecule has 1 amide bonds. The lowest BCUT2D eigenvalue weighted by Gasteiger charge is -2.22. The Hall–Kier alpha value is -1.99. The highest BCUT2D eigenvalue weighted by Crippen LogP contribution is 2.22. The van der Waals surface area contributed by atoms with Gasteiger partial charge in [0.1, 0.15) is 6.54 Å². The summed E-state index contributed by atoms with van der Waals surface area (Å²) in [6.45, 7) is 4.40. The highest BCUT2D eigenvalue weighted by Gasteiger charge is 2.20. The molecule has 2 rings (SSSR count). The van der Waals surface area contributed by atoms with E-state index in [-0.39, 0.29) is 12.5 Å². The fraction of sp³-hybridized carbons (Fsp3) is 0.350. The van der Waals surface area contributed by atoms with Crippen molar-refractivity contribution in [3.63, 3.8) is 0 Å². The number of carbonyl (C=O) groups excluding carboxylic acids is 1. The van der Waals surface area contributed by atoms with Gasteiger partial charge in [-0.1, -0.05) is 44.2 Å². The number of carbonyl (C=O) groups is 1. The van der Waals surface area contributed by atoms with Crippen molar-refractivity contribution in [2.24, 2.45) is 0 Å². The first-order valence-corrected chi connectivity index (χ1v) is 11.6. The van der Waals surface area contributed by atoms with Crippen LogP contribution < -0.4 is 9.62 Å². The van der Waals surface area contributed by atoms with Gasteiger partial charge in [0.2, 0.25) is 15.9 Å². The fourth-order valence-electron chi connectivity index (χ4n) is 2.49. The third kappa shape index (κ3) is 6.92. The van der Waals surface area contributed by atoms with Gasteiger partial charge in [0.25, 0.3) is 0 Å². The van der Waals surface area contributed by atoms with Crippen molar-refractivity contribution in [3.8, 4) is 0 Å². The molecule has 7 heteroatoms. The maximum absolute atomic E-state index is 12.2. The first kappa shape index (κ1) is 21.3. The minimum Gasteiger partial charge on any atom is -0.354 e. The van der Waals surface area contributed by atoms with Gasteiger partial charge in [-0.25, -0.2) is 8.42 Å². The highest BCUT2D eigenvalue weighted by atomic mass is 32.2. The molecule has 27 heavy (non-hydrogen) atoms. The van der Waals surface area contributed by atoms with Gasteiger partial charge in [-0.2, -0.15) is 0 Å². The van der Waals surface area contributed by atoms with Crippen LogP contribution in [0.2, 0.25) is 0 Å². The minimum absolute atomic E-state index is 0.226. The van der Waals surface area contributed by atoms with Gasteiger partial charge in [0, 0.05) is 17.2 Å². The van der Waals surface area contributed by atoms with Crippen LogP contribution in [0.5, 0.6) is 0 Å². The molecular weight excluding hydrogens is 380 g/mol. The zero-order chi connectivity index (χ0) is 19.9. The normalized spacial score (nSPS) is 11.4. The first-order chi connectivity index (χ1) is 12.8. The number of hydrogen-bond donors (Lipinski definition) is 1. The predicted octanol–water partition coefficient (Wildman–Crippen LogP) is 3.48. The van der Waals surface area contributed by atoms with Crippen LogP contribution in [-0.4, -0.2) is 39.4 Å². The van der Waals surface area contributed by atoms with Crippen LogP contribution in [0.25, 0.3) is 0 Å². The maximum atomic E-state index is 12.2. The summed E-state index contributed by atoms with van der Waals surface area (Å²) in [6.07, 6.45) is 1.11. The summed E-state index contributed by atoms with van der Waals surface area (Å²) in [5.74, 6) is 0.760. The van der Waals surface area contributed by atoms with Crippen LogP contribution in [0, 0.1) is 0 Å². The molecule has 2 aromatic rings. The Bertz CT molecular complexity index is 835. The maximum Gasteiger partial charge on any atom is 0.240 e. The molecular formula is C20H26N2O3S2. The number of anilines is 1. The van der Waals surface area contributed by atoms with Gasteiger partial charge in [-0.15, -0.1) is 11.8 Å². The Labute approximate surface area is 166 Å². The van der Waals surface area contributed by atoms with E-state index in [0.717, 1.165) is 26.8 Å². The lowest BCUT2D eigenvalue weighted by atomic mass is 10.0. The van der Waals surface area contributed by atoms with Crippen molar-refractivity contribution < 1.29 is 13.2 Å². The van der Waals surface area contributed by atoms with Crippen LogP contribution >= 0.6 is 11.8 Å². The second-order valence-corrected chi connectivity index (χ2v) is 9.60. The number of nitrogens with zero attached hydrogens (tertiary/aromatic N) is 1. The number of rotatable bonds is 9. The molecule has 0 radical (unpaired) electrons. The highest BCUT2D eigenvalue weighted by molar-refractivity contribution is 7.99. The van der Waals surface area contributed by atoms with Gasteiger partial charge in [0.15, 0.2) is 0 Å². The van der Waals surface area contributed by atoms with Gasteiger partial charge in [-0.3, -0.25) is 9.10 Å². The van der Waals surface area contributed by atoms with Gasteiger partial charge >= 0.3 is 0 Å². The monoisotopic (exact) mass is 406 g/mol. The minimum atomic E-state index is -3.55. The van der Waals surface area contributed by atoms with E-state index in [4.69, 9.17) is 0 Å². The van der Waals surface area contributed by atoms with E-state index in [1.54, 1.807) is 23.9 Å². The number of benzene rings is 2. The topological polar surface area (TPSA) is 66.5 Å². The molecule has 0 heterocycles. The van der Waals surface area contributed by atoms with Crippen molar-refractivity contribution in [1.82, 2.24) is 5.32 Å². The summed E-state index contributed by atoms with van der Waals surface area (Å²) < 4.78 is 25.4. The average Bonchev–Trinajstić information content (AvgIpc) is 2.63. The molecule has 0 saturated carbocycles. The fourth-order valence-corrected chi connectivity index (χ4v) is 4.13. The lowest BCUT2D eigenvalue weighted by Crippen LogP contribution is -2.41. The average molecular weight is 407 g/mol. The van der Waals surface area contributed by atoms with E-state index >= 15 is 0 Å². The third-order valence-corrected chi connectivity index (χ3v) is 6.13. The van der Waals surface area contributed by atoms with E-state index in [2.05, 4.69) is 19.2 Å². The SMILES string of the molecule is CC(C)c1ccc(N(CC(=O)NCCSc2ccccc2)S(C)(=O)=O)cc1. The summed E-state index contributed by atoms with van der Waals surface area (Å²) in [7, 11) is -3.55. The van der Waals surface area contributed by atoms with Crippen molar-refractivity contribution in [3.05, 3.63) is 60.2 Å². The van der Waals surface area contributed by atoms with Crippen molar-refractivity contribution in [2.45, 2.75) is 24.7 Å². The summed E-state index contributed by atoms with van der Waals surface area (Å²) in [5, 5.41) is 2.79. The predicted molar refractivity (Wildman–Crippen MR) is 113 cm³/mol. The molecule has 1 N–H and O–H groups in total. The van der Waals surface area contributed by atoms with Crippen LogP contribution in [0.3, 0.4) is 0 Å². The molecule has 0 atom stereocenters. The summed E-state index contributed by atoms with van der Waals surface area (Å²) in [6, 6.07) is 17.2. The molecule has 0 saturated heterocycles. The van der Waals surface area contributed by atoms with Crippen molar-refractivity contribution >= 4 is 33.4 Å². The Balaban J connectivity index is 1.92. The molecule has 146 valence electrons. The lowest BCUT2D eigenvalue weighted by molar-refractivity contribution is -0.119. The van der Waals surface area contributed by atoms with Crippen LogP contribution in [-0.2, 0) is 14.8 Å². The zero-order valence-corrected chi connectivity index (χ0v) is 17.5. The smallest absolute Gasteiger partial charge is 0.240 e. The Morgan fingerprint density at radius 2 is 1.70 bits per heavy atom. The van der Waals surface area contributed by atoms with Gasteiger partial charge in [-0.05, 0) is 35.7 Å². The number of thioether (sulfide) groups is 1. The second-order valence-electron chi connectivity index (χ2n) is 6.53. The zero-order valence-electron chi connectivity index (χ0n) is 15.9. The molecule has 0 fully saturated rings. The van der Waals surface area contributed by atoms with Crippen LogP contribution in [0.1, 0.15) is 25.3 Å². The standard InChI is InChI=1S/C20H26N2O3S2/c1-16(2)17-9-11-18(12-10-17)22(27(3,24)25)15-20(23)21-13-14-26-19-7-5-4-6-8-19/h4-12,16H,13-15H2,1-3H3,(H,21,23). The number of amides is 1. The summed E-state index contributed by atoms with van der Waals surface area (Å²) in [4.78, 5) is 13.4. The molecule has 0 aromatic heterocycles. The van der Waals surface area contributed by atoms with Crippen LogP contribution in [0.15, 0.2) is 59.5 Å². The Morgan fingerprint density at radius 3 is 2.26 bits per heavy atom. The van der Waals surface area contributed by atoms with E-state index in [9.17, 15) is 13.2 Å². The van der Waals surface area contributed by atoms with E-state index in [1.165, 1.54) is 0 Å². The van der Waals surface area contributed by atoms with E-state index < -0.39 is 10.0 Å². The Morgan fingerprint density at radius 1 is 1.07 bits per heavy atom. The number of nitrogens with one attached hydrogen (secondary N) is 1. The molecule has 5 nitrogen and oxygen atoms in total. The quantitative estimate of drug-likeness (QED) is 0.511. The Kier molecular flexibility index (Phi) is 7.74. The van der Waals surface area contributed by atoms with Gasteiger partial charge < -0.3 is 5.32 Å². The van der Waals surface area contributed by atoms with Gasteiger partial charge in [0.05, 0.1) is 11.9 Å². The molecule has 0 aliphatic heterocycles. The molecule has 0 aliphatic carbocycles. The van der Waals surface area contributed by atoms with Crippen molar-refractivity contribution in [2.75, 3.05) is 29.4 Å². The molecule has 2 aromatic carbocycles. The van der Waals surface area contributed by atoms with E-state index in [1.807, 2.05) is 42.5 Å². The molecule has 0 spiro atoms. The van der Waals surface area contributed by atoms with Crippen molar-refractivity contribution in [1.29, 1.82) is 0 Å². The number of hydrogen-bond acceptors (Lipinski definition) is 4. The molecule has 0 bridgehead atoms. The molecule has 0 aliphatic rings. The van der Waals surface area contributed by atoms with E-state index in [0.29, 0.717) is 18.2 Å². The number of sulfonamides is 1. The third-order valence-electron chi connectivity index (χ3n) is 3.97. The first-order valence-electron chi connectivity index (χ1n) is 8.79. The summed E-state index contributed by atoms with van der Waals surface area (Å²) in [5.41, 5.74) is 1.62. The summed E-state index contributed by atoms with van der Waals surface area (Å²) >= 11 is 1.64. The van der Waals surface area contributed by atoms with Crippen LogP contribution in [0.4, 0.5) is 5.69 Å².